The fourth-order valence-electron chi connectivity index (χ4n) is 4.51. The van der Waals surface area contributed by atoms with E-state index in [0.717, 1.165) is 12.2 Å². The van der Waals surface area contributed by atoms with E-state index in [1.807, 2.05) is 6.07 Å². The van der Waals surface area contributed by atoms with Crippen LogP contribution in [0, 0.1) is 16.7 Å². The van der Waals surface area contributed by atoms with Gasteiger partial charge in [0.15, 0.2) is 0 Å². The number of ether oxygens (including phenoxy) is 1. The van der Waals surface area contributed by atoms with E-state index in [0.29, 0.717) is 23.0 Å². The molecule has 3 fully saturated rings. The van der Waals surface area contributed by atoms with E-state index in [9.17, 15) is 5.26 Å². The molecule has 0 unspecified atom stereocenters. The first-order valence-corrected chi connectivity index (χ1v) is 8.84. The van der Waals surface area contributed by atoms with Gasteiger partial charge in [-0.25, -0.2) is 0 Å². The van der Waals surface area contributed by atoms with Gasteiger partial charge in [-0.1, -0.05) is 26.3 Å². The maximum Gasteiger partial charge on any atom is 0.137 e. The number of hydrogen-bond acceptors (Lipinski definition) is 2. The van der Waals surface area contributed by atoms with Crippen LogP contribution in [-0.4, -0.2) is 6.61 Å². The Bertz CT molecular complexity index is 559. The Kier molecular flexibility index (Phi) is 4.17. The summed E-state index contributed by atoms with van der Waals surface area (Å²) in [6.07, 6.45) is 10.3. The van der Waals surface area contributed by atoms with Crippen molar-refractivity contribution in [1.82, 2.24) is 0 Å². The van der Waals surface area contributed by atoms with Crippen LogP contribution in [0.3, 0.4) is 0 Å². The molecule has 0 heterocycles. The molecular formula is C20H27NO. The first kappa shape index (κ1) is 15.4. The largest absolute Gasteiger partial charge is 0.492 e. The first-order chi connectivity index (χ1) is 10.7. The van der Waals surface area contributed by atoms with Crippen LogP contribution in [0.4, 0.5) is 0 Å². The number of nitriles is 1. The highest BCUT2D eigenvalue weighted by molar-refractivity contribution is 5.47. The van der Waals surface area contributed by atoms with Crippen LogP contribution in [0.25, 0.3) is 0 Å². The molecule has 1 aromatic rings. The Morgan fingerprint density at radius 2 is 1.77 bits per heavy atom. The summed E-state index contributed by atoms with van der Waals surface area (Å²) in [5.74, 6) is 0.749. The molecule has 2 heteroatoms. The van der Waals surface area contributed by atoms with Gasteiger partial charge in [-0.2, -0.15) is 5.26 Å². The lowest BCUT2D eigenvalue weighted by molar-refractivity contribution is 0.0366. The molecule has 0 saturated heterocycles. The Balaban J connectivity index is 1.85. The Labute approximate surface area is 134 Å². The summed E-state index contributed by atoms with van der Waals surface area (Å²) in [7, 11) is 0. The predicted octanol–water partition coefficient (Wildman–Crippen LogP) is 5.35. The van der Waals surface area contributed by atoms with Gasteiger partial charge in [-0.3, -0.25) is 0 Å². The number of benzene rings is 1. The van der Waals surface area contributed by atoms with Crippen LogP contribution in [0.5, 0.6) is 5.75 Å². The van der Waals surface area contributed by atoms with Crippen molar-refractivity contribution in [3.05, 3.63) is 29.3 Å². The van der Waals surface area contributed by atoms with Gasteiger partial charge in [0.1, 0.15) is 11.8 Å². The molecule has 0 amide bonds. The molecule has 3 aliphatic rings. The molecule has 2 bridgehead atoms. The van der Waals surface area contributed by atoms with E-state index < -0.39 is 0 Å². The van der Waals surface area contributed by atoms with Gasteiger partial charge in [0.25, 0.3) is 0 Å². The molecule has 22 heavy (non-hydrogen) atoms. The van der Waals surface area contributed by atoms with Gasteiger partial charge < -0.3 is 4.74 Å². The Morgan fingerprint density at radius 3 is 2.32 bits per heavy atom. The zero-order valence-corrected chi connectivity index (χ0v) is 14.0. The zero-order valence-electron chi connectivity index (χ0n) is 14.0. The summed E-state index contributed by atoms with van der Waals surface area (Å²) in [5, 5.41) is 9.46. The molecule has 1 aromatic carbocycles. The van der Waals surface area contributed by atoms with Crippen LogP contribution >= 0.6 is 0 Å². The maximum atomic E-state index is 9.46. The minimum absolute atomic E-state index is 0.325. The number of fused-ring (bicyclic) bond motifs is 3. The van der Waals surface area contributed by atoms with Gasteiger partial charge in [-0.05, 0) is 73.5 Å². The second-order valence-electron chi connectivity index (χ2n) is 7.31. The summed E-state index contributed by atoms with van der Waals surface area (Å²) in [5.41, 5.74) is 3.03. The molecule has 2 nitrogen and oxygen atoms in total. The Morgan fingerprint density at radius 1 is 1.09 bits per heavy atom. The lowest BCUT2D eigenvalue weighted by Crippen LogP contribution is -2.43. The summed E-state index contributed by atoms with van der Waals surface area (Å²) in [6, 6.07) is 8.68. The van der Waals surface area contributed by atoms with Crippen molar-refractivity contribution >= 4 is 0 Å². The quantitative estimate of drug-likeness (QED) is 0.734. The summed E-state index contributed by atoms with van der Waals surface area (Å²) < 4.78 is 5.71. The van der Waals surface area contributed by atoms with Gasteiger partial charge in [0.05, 0.1) is 12.2 Å². The van der Waals surface area contributed by atoms with Gasteiger partial charge in [0, 0.05) is 0 Å². The van der Waals surface area contributed by atoms with Crippen LogP contribution in [0.15, 0.2) is 18.2 Å². The molecule has 0 N–H and O–H groups in total. The van der Waals surface area contributed by atoms with Crippen molar-refractivity contribution in [3.63, 3.8) is 0 Å². The van der Waals surface area contributed by atoms with Gasteiger partial charge in [-0.15, -0.1) is 0 Å². The molecule has 0 spiro atoms. The SMILES string of the molecule is CCCOc1ccc(C23CCC(CC)(CC2)CC3)cc1C#N. The second-order valence-corrected chi connectivity index (χ2v) is 7.31. The molecule has 118 valence electrons. The number of rotatable bonds is 5. The molecule has 3 saturated carbocycles. The van der Waals surface area contributed by atoms with E-state index in [1.54, 1.807) is 0 Å². The standard InChI is InChI=1S/C20H27NO/c1-3-13-22-18-6-5-17(14-16(18)15-21)20-10-7-19(4-2,8-11-20)9-12-20/h5-6,14H,3-4,7-13H2,1-2H3. The molecule has 0 atom stereocenters. The van der Waals surface area contributed by atoms with Crippen molar-refractivity contribution in [1.29, 1.82) is 5.26 Å². The van der Waals surface area contributed by atoms with Crippen molar-refractivity contribution in [3.8, 4) is 11.8 Å². The lowest BCUT2D eigenvalue weighted by atomic mass is 9.51. The van der Waals surface area contributed by atoms with Gasteiger partial charge in [0.2, 0.25) is 0 Å². The van der Waals surface area contributed by atoms with Crippen LogP contribution in [0.1, 0.15) is 76.3 Å². The summed E-state index contributed by atoms with van der Waals surface area (Å²) in [6.45, 7) is 5.12. The fraction of sp³-hybridized carbons (Fsp3) is 0.650. The van der Waals surface area contributed by atoms with E-state index in [1.165, 1.54) is 50.5 Å². The minimum atomic E-state index is 0.325. The highest BCUT2D eigenvalue weighted by Crippen LogP contribution is 2.59. The Hall–Kier alpha value is -1.49. The van der Waals surface area contributed by atoms with Crippen molar-refractivity contribution in [2.45, 2.75) is 70.6 Å². The van der Waals surface area contributed by atoms with Crippen LogP contribution in [-0.2, 0) is 5.41 Å². The maximum absolute atomic E-state index is 9.46. The molecule has 0 aromatic heterocycles. The van der Waals surface area contributed by atoms with E-state index in [2.05, 4.69) is 32.0 Å². The minimum Gasteiger partial charge on any atom is -0.492 e. The van der Waals surface area contributed by atoms with E-state index in [-0.39, 0.29) is 0 Å². The summed E-state index contributed by atoms with van der Waals surface area (Å²) in [4.78, 5) is 0. The number of nitrogens with zero attached hydrogens (tertiary/aromatic N) is 1. The normalized spacial score (nSPS) is 30.0. The molecule has 4 rings (SSSR count). The van der Waals surface area contributed by atoms with E-state index in [4.69, 9.17) is 4.74 Å². The highest BCUT2D eigenvalue weighted by Gasteiger charge is 2.48. The third-order valence-electron chi connectivity index (χ3n) is 6.33. The monoisotopic (exact) mass is 297 g/mol. The third kappa shape index (κ3) is 2.51. The molecule has 0 radical (unpaired) electrons. The fourth-order valence-corrected chi connectivity index (χ4v) is 4.51. The molecule has 3 aliphatic carbocycles. The average Bonchev–Trinajstić information content (AvgIpc) is 2.61. The summed E-state index contributed by atoms with van der Waals surface area (Å²) >= 11 is 0. The van der Waals surface area contributed by atoms with Crippen molar-refractivity contribution < 1.29 is 4.74 Å². The second kappa shape index (κ2) is 5.95. The molecular weight excluding hydrogens is 270 g/mol. The third-order valence-corrected chi connectivity index (χ3v) is 6.33. The van der Waals surface area contributed by atoms with Crippen LogP contribution in [0.2, 0.25) is 0 Å². The zero-order chi connectivity index (χ0) is 15.6. The predicted molar refractivity (Wildman–Crippen MR) is 89.0 cm³/mol. The number of hydrogen-bond donors (Lipinski definition) is 0. The average molecular weight is 297 g/mol. The first-order valence-electron chi connectivity index (χ1n) is 8.84. The van der Waals surface area contributed by atoms with Crippen LogP contribution < -0.4 is 4.74 Å². The lowest BCUT2D eigenvalue weighted by Gasteiger charge is -2.54. The highest BCUT2D eigenvalue weighted by atomic mass is 16.5. The van der Waals surface area contributed by atoms with Crippen molar-refractivity contribution in [2.75, 3.05) is 6.61 Å². The van der Waals surface area contributed by atoms with E-state index >= 15 is 0 Å². The smallest absolute Gasteiger partial charge is 0.137 e. The van der Waals surface area contributed by atoms with Crippen molar-refractivity contribution in [2.24, 2.45) is 5.41 Å². The molecule has 0 aliphatic heterocycles. The topological polar surface area (TPSA) is 33.0 Å². The van der Waals surface area contributed by atoms with Gasteiger partial charge >= 0.3 is 0 Å².